The SMILES string of the molecule is C/C=C/C(C)=C/C(C)=O.CC1=CC(C)(C)COc2ccc(C)cc21. The normalized spacial score (nSPS) is 16.3. The molecule has 1 aromatic rings. The van der Waals surface area contributed by atoms with E-state index >= 15 is 0 Å². The van der Waals surface area contributed by atoms with Crippen molar-refractivity contribution in [3.8, 4) is 5.75 Å². The van der Waals surface area contributed by atoms with Gasteiger partial charge in [0.15, 0.2) is 5.78 Å². The molecule has 0 radical (unpaired) electrons. The zero-order valence-electron chi connectivity index (χ0n) is 16.1. The van der Waals surface area contributed by atoms with Gasteiger partial charge in [0.05, 0.1) is 6.61 Å². The van der Waals surface area contributed by atoms with Gasteiger partial charge in [-0.1, -0.05) is 43.7 Å². The topological polar surface area (TPSA) is 26.3 Å². The van der Waals surface area contributed by atoms with E-state index in [4.69, 9.17) is 4.74 Å². The van der Waals surface area contributed by atoms with Crippen molar-refractivity contribution >= 4 is 11.4 Å². The molecule has 0 fully saturated rings. The van der Waals surface area contributed by atoms with Crippen LogP contribution in [0, 0.1) is 12.3 Å². The fourth-order valence-corrected chi connectivity index (χ4v) is 2.68. The van der Waals surface area contributed by atoms with E-state index in [2.05, 4.69) is 52.0 Å². The number of ether oxygens (including phenoxy) is 1. The number of carbonyl (C=O) groups excluding carboxylic acids is 1. The lowest BCUT2D eigenvalue weighted by atomic mass is 9.91. The molecule has 0 aliphatic carbocycles. The summed E-state index contributed by atoms with van der Waals surface area (Å²) in [5, 5.41) is 0. The maximum Gasteiger partial charge on any atom is 0.152 e. The molecule has 1 aromatic carbocycles. The molecule has 0 bridgehead atoms. The Kier molecular flexibility index (Phi) is 7.21. The minimum Gasteiger partial charge on any atom is -0.492 e. The Morgan fingerprint density at radius 2 is 1.88 bits per heavy atom. The first-order valence-corrected chi connectivity index (χ1v) is 8.39. The number of rotatable bonds is 2. The average molecular weight is 326 g/mol. The first-order chi connectivity index (χ1) is 11.1. The molecule has 1 aliphatic rings. The van der Waals surface area contributed by atoms with Crippen LogP contribution in [0.3, 0.4) is 0 Å². The Morgan fingerprint density at radius 1 is 1.21 bits per heavy atom. The van der Waals surface area contributed by atoms with Crippen molar-refractivity contribution in [1.82, 2.24) is 0 Å². The van der Waals surface area contributed by atoms with Crippen LogP contribution in [0.4, 0.5) is 0 Å². The Bertz CT molecular complexity index is 673. The second-order valence-electron chi connectivity index (χ2n) is 7.10. The molecule has 0 saturated heterocycles. The van der Waals surface area contributed by atoms with Crippen molar-refractivity contribution < 1.29 is 9.53 Å². The Morgan fingerprint density at radius 3 is 2.46 bits per heavy atom. The van der Waals surface area contributed by atoms with Crippen molar-refractivity contribution in [3.05, 3.63) is 59.2 Å². The van der Waals surface area contributed by atoms with Gasteiger partial charge in [-0.15, -0.1) is 0 Å². The van der Waals surface area contributed by atoms with Crippen LogP contribution in [0.15, 0.2) is 48.1 Å². The summed E-state index contributed by atoms with van der Waals surface area (Å²) in [7, 11) is 0. The number of benzene rings is 1. The summed E-state index contributed by atoms with van der Waals surface area (Å²) >= 11 is 0. The maximum atomic E-state index is 10.4. The third-order valence-electron chi connectivity index (χ3n) is 3.63. The number of hydrogen-bond acceptors (Lipinski definition) is 2. The summed E-state index contributed by atoms with van der Waals surface area (Å²) in [5.41, 5.74) is 4.96. The lowest BCUT2D eigenvalue weighted by Crippen LogP contribution is -2.17. The Labute approximate surface area is 146 Å². The van der Waals surface area contributed by atoms with Crippen molar-refractivity contribution in [2.75, 3.05) is 6.61 Å². The van der Waals surface area contributed by atoms with E-state index in [1.807, 2.05) is 26.0 Å². The predicted molar refractivity (Wildman–Crippen MR) is 103 cm³/mol. The van der Waals surface area contributed by atoms with Crippen LogP contribution in [-0.4, -0.2) is 12.4 Å². The van der Waals surface area contributed by atoms with E-state index in [1.54, 1.807) is 13.0 Å². The minimum atomic E-state index is 0.102. The molecular formula is C22H30O2. The Hall–Kier alpha value is -2.09. The van der Waals surface area contributed by atoms with Crippen LogP contribution in [0.25, 0.3) is 5.57 Å². The number of allylic oxidation sites excluding steroid dienone is 5. The fourth-order valence-electron chi connectivity index (χ4n) is 2.68. The van der Waals surface area contributed by atoms with Crippen LogP contribution in [-0.2, 0) is 4.79 Å². The van der Waals surface area contributed by atoms with Crippen molar-refractivity contribution in [2.45, 2.75) is 48.5 Å². The number of ketones is 1. The zero-order chi connectivity index (χ0) is 18.3. The van der Waals surface area contributed by atoms with Gasteiger partial charge >= 0.3 is 0 Å². The van der Waals surface area contributed by atoms with Gasteiger partial charge in [-0.2, -0.15) is 0 Å². The molecule has 0 aromatic heterocycles. The average Bonchev–Trinajstić information content (AvgIpc) is 2.55. The van der Waals surface area contributed by atoms with E-state index in [1.165, 1.54) is 16.7 Å². The summed E-state index contributed by atoms with van der Waals surface area (Å²) in [6.07, 6.45) is 7.73. The summed E-state index contributed by atoms with van der Waals surface area (Å²) in [6, 6.07) is 6.37. The molecule has 2 nitrogen and oxygen atoms in total. The lowest BCUT2D eigenvalue weighted by Gasteiger charge is -2.18. The highest BCUT2D eigenvalue weighted by Gasteiger charge is 2.21. The van der Waals surface area contributed by atoms with Gasteiger partial charge in [0.1, 0.15) is 5.75 Å². The molecule has 0 unspecified atom stereocenters. The third-order valence-corrected chi connectivity index (χ3v) is 3.63. The van der Waals surface area contributed by atoms with Crippen LogP contribution < -0.4 is 4.74 Å². The Balaban J connectivity index is 0.000000277. The standard InChI is InChI=1S/C14H18O.C8H12O/c1-10-5-6-13-12(7-10)11(2)8-14(3,4)9-15-13;1-4-5-7(2)6-8(3)9/h5-8H,9H2,1-4H3;4-6H,1-3H3/b;5-4+,7-6+. The molecule has 0 amide bonds. The van der Waals surface area contributed by atoms with Crippen LogP contribution >= 0.6 is 0 Å². The first kappa shape index (κ1) is 20.0. The van der Waals surface area contributed by atoms with E-state index in [-0.39, 0.29) is 11.2 Å². The smallest absolute Gasteiger partial charge is 0.152 e. The number of carbonyl (C=O) groups is 1. The van der Waals surface area contributed by atoms with Gasteiger partial charge in [-0.05, 0) is 64.0 Å². The lowest BCUT2D eigenvalue weighted by molar-refractivity contribution is -0.112. The molecule has 0 spiro atoms. The maximum absolute atomic E-state index is 10.4. The van der Waals surface area contributed by atoms with Crippen LogP contribution in [0.5, 0.6) is 5.75 Å². The monoisotopic (exact) mass is 326 g/mol. The van der Waals surface area contributed by atoms with Crippen LogP contribution in [0.2, 0.25) is 0 Å². The molecule has 0 saturated carbocycles. The summed E-state index contributed by atoms with van der Waals surface area (Å²) in [4.78, 5) is 10.4. The zero-order valence-corrected chi connectivity index (χ0v) is 16.1. The van der Waals surface area contributed by atoms with E-state index in [0.29, 0.717) is 0 Å². The molecule has 2 heteroatoms. The van der Waals surface area contributed by atoms with E-state index in [9.17, 15) is 4.79 Å². The van der Waals surface area contributed by atoms with E-state index in [0.717, 1.165) is 17.9 Å². The highest BCUT2D eigenvalue weighted by atomic mass is 16.5. The van der Waals surface area contributed by atoms with Crippen molar-refractivity contribution in [1.29, 1.82) is 0 Å². The highest BCUT2D eigenvalue weighted by Crippen LogP contribution is 2.35. The second-order valence-corrected chi connectivity index (χ2v) is 7.10. The summed E-state index contributed by atoms with van der Waals surface area (Å²) < 4.78 is 5.84. The van der Waals surface area contributed by atoms with Crippen molar-refractivity contribution in [2.24, 2.45) is 5.41 Å². The molecule has 0 N–H and O–H groups in total. The third kappa shape index (κ3) is 6.57. The van der Waals surface area contributed by atoms with Gasteiger partial charge < -0.3 is 4.74 Å². The molecule has 0 atom stereocenters. The van der Waals surface area contributed by atoms with Gasteiger partial charge in [-0.3, -0.25) is 4.79 Å². The minimum absolute atomic E-state index is 0.102. The quantitative estimate of drug-likeness (QED) is 0.498. The predicted octanol–water partition coefficient (Wildman–Crippen LogP) is 5.91. The first-order valence-electron chi connectivity index (χ1n) is 8.39. The van der Waals surface area contributed by atoms with Gasteiger partial charge in [0, 0.05) is 11.0 Å². The largest absolute Gasteiger partial charge is 0.492 e. The number of hydrogen-bond donors (Lipinski definition) is 0. The van der Waals surface area contributed by atoms with Gasteiger partial charge in [0.25, 0.3) is 0 Å². The second kappa shape index (κ2) is 8.68. The molecule has 130 valence electrons. The molecule has 24 heavy (non-hydrogen) atoms. The highest BCUT2D eigenvalue weighted by molar-refractivity contribution is 5.88. The van der Waals surface area contributed by atoms with Gasteiger partial charge in [0.2, 0.25) is 0 Å². The molecule has 2 rings (SSSR count). The van der Waals surface area contributed by atoms with Gasteiger partial charge in [-0.25, -0.2) is 0 Å². The molecule has 1 heterocycles. The summed E-state index contributed by atoms with van der Waals surface area (Å²) in [6.45, 7) is 14.8. The molecular weight excluding hydrogens is 296 g/mol. The van der Waals surface area contributed by atoms with Crippen LogP contribution in [0.1, 0.15) is 52.7 Å². The van der Waals surface area contributed by atoms with Crippen molar-refractivity contribution in [3.63, 3.8) is 0 Å². The summed E-state index contributed by atoms with van der Waals surface area (Å²) in [5.74, 6) is 1.12. The number of aryl methyl sites for hydroxylation is 1. The fraction of sp³-hybridized carbons (Fsp3) is 0.409. The van der Waals surface area contributed by atoms with E-state index < -0.39 is 0 Å². The molecule has 1 aliphatic heterocycles. The number of fused-ring (bicyclic) bond motifs is 1.